The molecule has 1 aliphatic rings. The molecule has 0 saturated carbocycles. The lowest BCUT2D eigenvalue weighted by Crippen LogP contribution is -2.45. The molecule has 0 radical (unpaired) electrons. The number of amides is 3. The maximum atomic E-state index is 13.5. The number of piperidine rings is 1. The van der Waals surface area contributed by atoms with E-state index in [1.807, 2.05) is 24.3 Å². The summed E-state index contributed by atoms with van der Waals surface area (Å²) in [5, 5.41) is 13.8. The minimum atomic E-state index is -1.16. The van der Waals surface area contributed by atoms with Gasteiger partial charge in [-0.2, -0.15) is 0 Å². The van der Waals surface area contributed by atoms with Crippen molar-refractivity contribution in [3.63, 3.8) is 0 Å². The molecular formula is C27H27N7O5. The summed E-state index contributed by atoms with van der Waals surface area (Å²) in [5.74, 6) is -0.386. The number of nitrogens with zero attached hydrogens (tertiary/aromatic N) is 5. The molecule has 200 valence electrons. The summed E-state index contributed by atoms with van der Waals surface area (Å²) in [6.07, 6.45) is 2.01. The van der Waals surface area contributed by atoms with Crippen molar-refractivity contribution < 1.29 is 19.1 Å². The topological polar surface area (TPSA) is 150 Å². The molecule has 3 amide bonds. The first kappa shape index (κ1) is 25.8. The van der Waals surface area contributed by atoms with Crippen LogP contribution in [0.25, 0.3) is 22.2 Å². The molecule has 39 heavy (non-hydrogen) atoms. The van der Waals surface area contributed by atoms with Gasteiger partial charge >= 0.3 is 0 Å². The predicted molar refractivity (Wildman–Crippen MR) is 142 cm³/mol. The molecule has 12 nitrogen and oxygen atoms in total. The fraction of sp³-hybridized carbons (Fsp3) is 0.296. The molecule has 3 heterocycles. The molecule has 5 rings (SSSR count). The van der Waals surface area contributed by atoms with Gasteiger partial charge in [0.25, 0.3) is 11.5 Å². The van der Waals surface area contributed by atoms with E-state index >= 15 is 0 Å². The number of para-hydroxylation sites is 2. The highest BCUT2D eigenvalue weighted by Crippen LogP contribution is 2.30. The molecule has 1 saturated heterocycles. The summed E-state index contributed by atoms with van der Waals surface area (Å²) in [4.78, 5) is 55.5. The lowest BCUT2D eigenvalue weighted by atomic mass is 10.0. The monoisotopic (exact) mass is 529 g/mol. The molecule has 2 N–H and O–H groups in total. The van der Waals surface area contributed by atoms with Gasteiger partial charge in [0.05, 0.1) is 24.4 Å². The van der Waals surface area contributed by atoms with Crippen LogP contribution in [0.2, 0.25) is 0 Å². The largest absolute Gasteiger partial charge is 0.496 e. The second kappa shape index (κ2) is 9.78. The number of nitrogens with one attached hydrogen (secondary N) is 2. The Balaban J connectivity index is 1.46. The zero-order valence-corrected chi connectivity index (χ0v) is 21.9. The number of rotatable bonds is 6. The Kier molecular flexibility index (Phi) is 6.46. The van der Waals surface area contributed by atoms with Crippen LogP contribution in [-0.2, 0) is 19.9 Å². The third-order valence-corrected chi connectivity index (χ3v) is 6.88. The van der Waals surface area contributed by atoms with Crippen LogP contribution in [0.3, 0.4) is 0 Å². The van der Waals surface area contributed by atoms with Gasteiger partial charge in [-0.1, -0.05) is 23.4 Å². The summed E-state index contributed by atoms with van der Waals surface area (Å²) in [6.45, 7) is 5.01. The molecule has 1 unspecified atom stereocenters. The average Bonchev–Trinajstić information content (AvgIpc) is 3.41. The first-order chi connectivity index (χ1) is 18.6. The third kappa shape index (κ3) is 4.54. The van der Waals surface area contributed by atoms with E-state index in [0.29, 0.717) is 28.5 Å². The Morgan fingerprint density at radius 3 is 2.64 bits per heavy atom. The smallest absolute Gasteiger partial charge is 0.262 e. The van der Waals surface area contributed by atoms with Crippen LogP contribution in [0, 0.1) is 6.92 Å². The van der Waals surface area contributed by atoms with E-state index in [1.165, 1.54) is 9.25 Å². The second-order valence-electron chi connectivity index (χ2n) is 9.76. The summed E-state index contributed by atoms with van der Waals surface area (Å²) in [6, 6.07) is 11.4. The van der Waals surface area contributed by atoms with Crippen LogP contribution < -0.4 is 20.9 Å². The van der Waals surface area contributed by atoms with Crippen molar-refractivity contribution in [2.24, 2.45) is 0 Å². The Bertz CT molecular complexity index is 1690. The quantitative estimate of drug-likeness (QED) is 0.361. The maximum absolute atomic E-state index is 13.5. The van der Waals surface area contributed by atoms with Crippen LogP contribution in [0.5, 0.6) is 5.75 Å². The number of methoxy groups -OCH3 is 1. The fourth-order valence-corrected chi connectivity index (χ4v) is 4.62. The van der Waals surface area contributed by atoms with Crippen LogP contribution in [-0.4, -0.2) is 49.4 Å². The zero-order valence-electron chi connectivity index (χ0n) is 21.9. The number of fused-ring (bicyclic) bond motifs is 1. The van der Waals surface area contributed by atoms with Crippen molar-refractivity contribution in [3.05, 3.63) is 64.8 Å². The van der Waals surface area contributed by atoms with Crippen molar-refractivity contribution >= 4 is 34.3 Å². The molecule has 0 bridgehead atoms. The number of carbonyl (C=O) groups is 3. The van der Waals surface area contributed by atoms with E-state index in [0.717, 1.165) is 5.56 Å². The highest BCUT2D eigenvalue weighted by molar-refractivity contribution is 6.03. The molecule has 2 aromatic heterocycles. The van der Waals surface area contributed by atoms with E-state index in [2.05, 4.69) is 25.9 Å². The minimum Gasteiger partial charge on any atom is -0.496 e. The third-order valence-electron chi connectivity index (χ3n) is 6.88. The number of imide groups is 1. The van der Waals surface area contributed by atoms with Gasteiger partial charge in [-0.25, -0.2) is 9.67 Å². The average molecular weight is 530 g/mol. The first-order valence-corrected chi connectivity index (χ1v) is 12.3. The number of hydrogen-bond donors (Lipinski definition) is 2. The molecular weight excluding hydrogens is 502 g/mol. The van der Waals surface area contributed by atoms with Gasteiger partial charge in [0.1, 0.15) is 34.4 Å². The van der Waals surface area contributed by atoms with Gasteiger partial charge in [0, 0.05) is 12.0 Å². The summed E-state index contributed by atoms with van der Waals surface area (Å²) in [7, 11) is 1.57. The van der Waals surface area contributed by atoms with Gasteiger partial charge < -0.3 is 10.1 Å². The molecule has 2 aromatic carbocycles. The van der Waals surface area contributed by atoms with Crippen LogP contribution in [0.15, 0.2) is 53.5 Å². The SMILES string of the molecule is COc1ccccc1-c1cn(C(C)(C)C(=O)Nc2cccc3c(=O)n(C4CCC(=O)NC4=O)c(C)nc23)nn1. The zero-order chi connectivity index (χ0) is 27.9. The van der Waals surface area contributed by atoms with Gasteiger partial charge in [-0.15, -0.1) is 5.10 Å². The number of carbonyl (C=O) groups excluding carboxylic acids is 3. The maximum Gasteiger partial charge on any atom is 0.262 e. The highest BCUT2D eigenvalue weighted by atomic mass is 16.5. The molecule has 1 atom stereocenters. The summed E-state index contributed by atoms with van der Waals surface area (Å²) >= 11 is 0. The molecule has 1 fully saturated rings. The van der Waals surface area contributed by atoms with E-state index in [4.69, 9.17) is 4.74 Å². The van der Waals surface area contributed by atoms with Crippen molar-refractivity contribution in [2.75, 3.05) is 12.4 Å². The normalized spacial score (nSPS) is 15.7. The number of anilines is 1. The minimum absolute atomic E-state index is 0.132. The summed E-state index contributed by atoms with van der Waals surface area (Å²) < 4.78 is 8.17. The number of aryl methyl sites for hydroxylation is 1. The fourth-order valence-electron chi connectivity index (χ4n) is 4.62. The molecule has 4 aromatic rings. The van der Waals surface area contributed by atoms with Gasteiger partial charge in [-0.3, -0.25) is 29.1 Å². The molecule has 1 aliphatic heterocycles. The van der Waals surface area contributed by atoms with E-state index < -0.39 is 29.0 Å². The molecule has 12 heteroatoms. The lowest BCUT2D eigenvalue weighted by molar-refractivity contribution is -0.135. The predicted octanol–water partition coefficient (Wildman–Crippen LogP) is 2.32. The van der Waals surface area contributed by atoms with E-state index in [9.17, 15) is 19.2 Å². The Morgan fingerprint density at radius 2 is 1.90 bits per heavy atom. The van der Waals surface area contributed by atoms with E-state index in [1.54, 1.807) is 52.3 Å². The van der Waals surface area contributed by atoms with Crippen LogP contribution >= 0.6 is 0 Å². The number of benzene rings is 2. The number of ether oxygens (including phenoxy) is 1. The Morgan fingerprint density at radius 1 is 1.13 bits per heavy atom. The van der Waals surface area contributed by atoms with Crippen molar-refractivity contribution in [2.45, 2.75) is 45.2 Å². The van der Waals surface area contributed by atoms with Crippen molar-refractivity contribution in [3.8, 4) is 17.0 Å². The van der Waals surface area contributed by atoms with Crippen LogP contribution in [0.1, 0.15) is 38.6 Å². The van der Waals surface area contributed by atoms with E-state index in [-0.39, 0.29) is 24.1 Å². The lowest BCUT2D eigenvalue weighted by Gasteiger charge is -2.25. The van der Waals surface area contributed by atoms with Gasteiger partial charge in [-0.05, 0) is 51.5 Å². The van der Waals surface area contributed by atoms with Gasteiger partial charge in [0.15, 0.2) is 0 Å². The first-order valence-electron chi connectivity index (χ1n) is 12.3. The number of aromatic nitrogens is 5. The highest BCUT2D eigenvalue weighted by Gasteiger charge is 2.33. The van der Waals surface area contributed by atoms with Crippen molar-refractivity contribution in [1.29, 1.82) is 0 Å². The molecule has 0 aliphatic carbocycles. The van der Waals surface area contributed by atoms with Crippen molar-refractivity contribution in [1.82, 2.24) is 29.9 Å². The number of hydrogen-bond acceptors (Lipinski definition) is 8. The Hall–Kier alpha value is -4.87. The molecule has 0 spiro atoms. The second-order valence-corrected chi connectivity index (χ2v) is 9.76. The van der Waals surface area contributed by atoms with Gasteiger partial charge in [0.2, 0.25) is 11.8 Å². The Labute approximate surface area is 223 Å². The standard InChI is InChI=1S/C27H27N7O5/c1-15-28-23-17(25(37)34(15)20-12-13-22(35)30-24(20)36)9-7-10-18(23)29-26(38)27(2,3)33-14-19(31-32-33)16-8-5-6-11-21(16)39-4/h5-11,14,20H,12-13H2,1-4H3,(H,29,38)(H,30,35,36). The van der Waals surface area contributed by atoms with Crippen LogP contribution in [0.4, 0.5) is 5.69 Å². The summed E-state index contributed by atoms with van der Waals surface area (Å²) in [5.41, 5.74) is 0.326.